The number of hydrogen-bond acceptors (Lipinski definition) is 1. The summed E-state index contributed by atoms with van der Waals surface area (Å²) < 4.78 is 5.84. The highest BCUT2D eigenvalue weighted by molar-refractivity contribution is 5.32. The molecule has 1 nitrogen and oxygen atoms in total. The van der Waals surface area contributed by atoms with Crippen molar-refractivity contribution in [2.75, 3.05) is 0 Å². The summed E-state index contributed by atoms with van der Waals surface area (Å²) >= 11 is 0. The van der Waals surface area contributed by atoms with E-state index in [4.69, 9.17) is 4.42 Å². The van der Waals surface area contributed by atoms with Gasteiger partial charge in [-0.2, -0.15) is 0 Å². The Labute approximate surface area is 98.2 Å². The minimum Gasteiger partial charge on any atom is -0.468 e. The molecule has 3 atom stereocenters. The number of fused-ring (bicyclic) bond motifs is 3. The predicted octanol–water partition coefficient (Wildman–Crippen LogP) is 4.31. The van der Waals surface area contributed by atoms with Crippen molar-refractivity contribution < 1.29 is 4.42 Å². The molecule has 16 heavy (non-hydrogen) atoms. The summed E-state index contributed by atoms with van der Waals surface area (Å²) in [7, 11) is 0. The van der Waals surface area contributed by atoms with Crippen molar-refractivity contribution in [3.05, 3.63) is 23.7 Å². The highest BCUT2D eigenvalue weighted by atomic mass is 16.3. The van der Waals surface area contributed by atoms with Gasteiger partial charge in [-0.15, -0.1) is 0 Å². The number of hydrogen-bond donors (Lipinski definition) is 0. The van der Waals surface area contributed by atoms with E-state index < -0.39 is 0 Å². The summed E-state index contributed by atoms with van der Waals surface area (Å²) in [4.78, 5) is 0. The molecule has 0 saturated heterocycles. The third-order valence-electron chi connectivity index (χ3n) is 5.82. The van der Waals surface area contributed by atoms with E-state index in [9.17, 15) is 0 Å². The van der Waals surface area contributed by atoms with Crippen LogP contribution in [0.25, 0.3) is 0 Å². The third kappa shape index (κ3) is 1.07. The van der Waals surface area contributed by atoms with Crippen molar-refractivity contribution in [1.82, 2.24) is 0 Å². The molecule has 1 heteroatoms. The predicted molar refractivity (Wildman–Crippen MR) is 65.5 cm³/mol. The first-order valence-electron chi connectivity index (χ1n) is 6.65. The molecule has 0 N–H and O–H groups in total. The fourth-order valence-corrected chi connectivity index (χ4v) is 4.22. The van der Waals surface area contributed by atoms with Crippen LogP contribution in [-0.4, -0.2) is 0 Å². The van der Waals surface area contributed by atoms with Crippen LogP contribution in [0.4, 0.5) is 0 Å². The zero-order valence-corrected chi connectivity index (χ0v) is 10.7. The summed E-state index contributed by atoms with van der Waals surface area (Å²) in [5.41, 5.74) is 2.19. The van der Waals surface area contributed by atoms with E-state index in [1.54, 1.807) is 0 Å². The van der Waals surface area contributed by atoms with Gasteiger partial charge in [0, 0.05) is 5.41 Å². The van der Waals surface area contributed by atoms with Crippen LogP contribution in [0.3, 0.4) is 0 Å². The average Bonchev–Trinajstić information content (AvgIpc) is 2.71. The lowest BCUT2D eigenvalue weighted by Crippen LogP contribution is -2.51. The molecule has 1 aromatic heterocycles. The molecule has 0 aromatic carbocycles. The monoisotopic (exact) mass is 218 g/mol. The van der Waals surface area contributed by atoms with E-state index in [0.29, 0.717) is 5.41 Å². The molecule has 0 spiro atoms. The zero-order chi connectivity index (χ0) is 11.4. The van der Waals surface area contributed by atoms with Gasteiger partial charge < -0.3 is 4.42 Å². The number of aryl methyl sites for hydroxylation is 1. The summed E-state index contributed by atoms with van der Waals surface area (Å²) in [6, 6.07) is 2.18. The van der Waals surface area contributed by atoms with Gasteiger partial charge in [0.15, 0.2) is 0 Å². The average molecular weight is 218 g/mol. The standard InChI is InChI=1S/C15H22O/c1-11-5-4-8-15(3)13-12(7-10-16-13)6-9-14(11,15)2/h7,10-11H,4-6,8-9H2,1-3H3/t11-,14+,15+/m0/s1. The van der Waals surface area contributed by atoms with Gasteiger partial charge in [0.1, 0.15) is 5.76 Å². The van der Waals surface area contributed by atoms with Crippen molar-refractivity contribution in [2.24, 2.45) is 11.3 Å². The van der Waals surface area contributed by atoms with Crippen LogP contribution in [0.1, 0.15) is 57.8 Å². The minimum atomic E-state index is 0.280. The Morgan fingerprint density at radius 3 is 2.94 bits per heavy atom. The van der Waals surface area contributed by atoms with Crippen LogP contribution < -0.4 is 0 Å². The van der Waals surface area contributed by atoms with Crippen LogP contribution in [0.5, 0.6) is 0 Å². The lowest BCUT2D eigenvalue weighted by Gasteiger charge is -2.55. The Hall–Kier alpha value is -0.720. The maximum atomic E-state index is 5.84. The molecule has 1 fully saturated rings. The first-order valence-corrected chi connectivity index (χ1v) is 6.65. The smallest absolute Gasteiger partial charge is 0.113 e. The Balaban J connectivity index is 2.15. The van der Waals surface area contributed by atoms with Crippen LogP contribution in [0.15, 0.2) is 16.7 Å². The highest BCUT2D eigenvalue weighted by Gasteiger charge is 2.55. The molecule has 1 aromatic rings. The summed E-state index contributed by atoms with van der Waals surface area (Å²) in [5, 5.41) is 0. The van der Waals surface area contributed by atoms with Gasteiger partial charge in [-0.25, -0.2) is 0 Å². The summed E-state index contributed by atoms with van der Waals surface area (Å²) in [5.74, 6) is 2.12. The fourth-order valence-electron chi connectivity index (χ4n) is 4.22. The van der Waals surface area contributed by atoms with Crippen LogP contribution >= 0.6 is 0 Å². The molecule has 0 radical (unpaired) electrons. The van der Waals surface area contributed by atoms with Crippen LogP contribution in [0, 0.1) is 11.3 Å². The maximum absolute atomic E-state index is 5.84. The largest absolute Gasteiger partial charge is 0.468 e. The number of rotatable bonds is 0. The molecule has 0 aliphatic heterocycles. The molecule has 0 unspecified atom stereocenters. The van der Waals surface area contributed by atoms with Crippen molar-refractivity contribution in [2.45, 2.75) is 58.3 Å². The topological polar surface area (TPSA) is 13.1 Å². The third-order valence-corrected chi connectivity index (χ3v) is 5.82. The lowest BCUT2D eigenvalue weighted by atomic mass is 9.48. The van der Waals surface area contributed by atoms with Crippen molar-refractivity contribution >= 4 is 0 Å². The minimum absolute atomic E-state index is 0.280. The second-order valence-electron chi connectivity index (χ2n) is 6.32. The Morgan fingerprint density at radius 2 is 2.12 bits per heavy atom. The number of furan rings is 1. The molecule has 88 valence electrons. The van der Waals surface area contributed by atoms with E-state index in [-0.39, 0.29) is 5.41 Å². The van der Waals surface area contributed by atoms with E-state index in [1.807, 2.05) is 6.26 Å². The Morgan fingerprint density at radius 1 is 1.31 bits per heavy atom. The van der Waals surface area contributed by atoms with Gasteiger partial charge in [0.25, 0.3) is 0 Å². The molecule has 3 rings (SSSR count). The first-order chi connectivity index (χ1) is 7.58. The lowest BCUT2D eigenvalue weighted by molar-refractivity contribution is -0.00327. The molecule has 0 bridgehead atoms. The van der Waals surface area contributed by atoms with Gasteiger partial charge in [-0.3, -0.25) is 0 Å². The van der Waals surface area contributed by atoms with Crippen molar-refractivity contribution in [1.29, 1.82) is 0 Å². The Bertz CT molecular complexity index is 405. The van der Waals surface area contributed by atoms with Gasteiger partial charge in [-0.05, 0) is 42.2 Å². The second-order valence-corrected chi connectivity index (χ2v) is 6.32. The molecular formula is C15H22O. The van der Waals surface area contributed by atoms with Gasteiger partial charge in [0.05, 0.1) is 6.26 Å². The van der Waals surface area contributed by atoms with E-state index >= 15 is 0 Å². The zero-order valence-electron chi connectivity index (χ0n) is 10.7. The quantitative estimate of drug-likeness (QED) is 0.632. The normalized spacial score (nSPS) is 42.6. The molecule has 2 aliphatic carbocycles. The highest BCUT2D eigenvalue weighted by Crippen LogP contribution is 2.60. The van der Waals surface area contributed by atoms with Crippen molar-refractivity contribution in [3.63, 3.8) is 0 Å². The van der Waals surface area contributed by atoms with Crippen LogP contribution in [0.2, 0.25) is 0 Å². The Kier molecular flexibility index (Phi) is 2.05. The van der Waals surface area contributed by atoms with Gasteiger partial charge >= 0.3 is 0 Å². The van der Waals surface area contributed by atoms with E-state index in [1.165, 1.54) is 43.4 Å². The summed E-state index contributed by atoms with van der Waals surface area (Å²) in [6.45, 7) is 7.36. The maximum Gasteiger partial charge on any atom is 0.113 e. The van der Waals surface area contributed by atoms with Gasteiger partial charge in [-0.1, -0.05) is 33.6 Å². The first kappa shape index (κ1) is 10.4. The SMILES string of the molecule is C[C@H]1CCC[C@]2(C)c3occc3CC[C@]12C. The molecule has 2 aliphatic rings. The fraction of sp³-hybridized carbons (Fsp3) is 0.733. The van der Waals surface area contributed by atoms with E-state index in [0.717, 1.165) is 5.92 Å². The molecule has 0 amide bonds. The van der Waals surface area contributed by atoms with Crippen LogP contribution in [-0.2, 0) is 11.8 Å². The van der Waals surface area contributed by atoms with Gasteiger partial charge in [0.2, 0.25) is 0 Å². The molecular weight excluding hydrogens is 196 g/mol. The second kappa shape index (κ2) is 3.15. The van der Waals surface area contributed by atoms with Crippen molar-refractivity contribution in [3.8, 4) is 0 Å². The van der Waals surface area contributed by atoms with E-state index in [2.05, 4.69) is 26.8 Å². The summed E-state index contributed by atoms with van der Waals surface area (Å²) in [6.07, 6.45) is 8.48. The molecule has 1 saturated carbocycles. The molecule has 1 heterocycles.